The summed E-state index contributed by atoms with van der Waals surface area (Å²) >= 11 is 0. The van der Waals surface area contributed by atoms with Gasteiger partial charge in [0.1, 0.15) is 17.4 Å². The summed E-state index contributed by atoms with van der Waals surface area (Å²) in [7, 11) is 1.56. The SMILES string of the molecule is COc1ccc(-c2cc(=O)[nH]c(Nc3cc(F)cc(F)c3)n2)cc1. The lowest BCUT2D eigenvalue weighted by molar-refractivity contribution is 0.415. The summed E-state index contributed by atoms with van der Waals surface area (Å²) in [6.07, 6.45) is 0. The number of rotatable bonds is 4. The van der Waals surface area contributed by atoms with Crippen LogP contribution >= 0.6 is 0 Å². The van der Waals surface area contributed by atoms with Gasteiger partial charge in [0.15, 0.2) is 0 Å². The van der Waals surface area contributed by atoms with Gasteiger partial charge in [-0.1, -0.05) is 0 Å². The van der Waals surface area contributed by atoms with Gasteiger partial charge in [-0.15, -0.1) is 0 Å². The third-order valence-electron chi connectivity index (χ3n) is 3.25. The Kier molecular flexibility index (Phi) is 4.24. The smallest absolute Gasteiger partial charge is 0.252 e. The Morgan fingerprint density at radius 3 is 2.33 bits per heavy atom. The zero-order chi connectivity index (χ0) is 17.1. The fraction of sp³-hybridized carbons (Fsp3) is 0.0588. The lowest BCUT2D eigenvalue weighted by atomic mass is 10.1. The van der Waals surface area contributed by atoms with Gasteiger partial charge in [0, 0.05) is 23.4 Å². The zero-order valence-electron chi connectivity index (χ0n) is 12.6. The summed E-state index contributed by atoms with van der Waals surface area (Å²) in [6, 6.07) is 11.3. The van der Waals surface area contributed by atoms with Crippen LogP contribution in [-0.4, -0.2) is 17.1 Å². The summed E-state index contributed by atoms with van der Waals surface area (Å²) in [5.41, 5.74) is 0.869. The fourth-order valence-corrected chi connectivity index (χ4v) is 2.19. The zero-order valence-corrected chi connectivity index (χ0v) is 12.6. The van der Waals surface area contributed by atoms with Crippen molar-refractivity contribution >= 4 is 11.6 Å². The number of methoxy groups -OCH3 is 1. The average Bonchev–Trinajstić information content (AvgIpc) is 2.53. The van der Waals surface area contributed by atoms with E-state index >= 15 is 0 Å². The monoisotopic (exact) mass is 329 g/mol. The molecule has 0 spiro atoms. The van der Waals surface area contributed by atoms with Gasteiger partial charge in [-0.25, -0.2) is 13.8 Å². The van der Waals surface area contributed by atoms with E-state index in [0.717, 1.165) is 18.2 Å². The van der Waals surface area contributed by atoms with Gasteiger partial charge in [-0.05, 0) is 36.4 Å². The largest absolute Gasteiger partial charge is 0.497 e. The van der Waals surface area contributed by atoms with Crippen LogP contribution < -0.4 is 15.6 Å². The normalized spacial score (nSPS) is 10.5. The van der Waals surface area contributed by atoms with Gasteiger partial charge in [-0.3, -0.25) is 9.78 Å². The molecular weight excluding hydrogens is 316 g/mol. The van der Waals surface area contributed by atoms with Gasteiger partial charge in [-0.2, -0.15) is 0 Å². The molecule has 0 aliphatic rings. The van der Waals surface area contributed by atoms with E-state index < -0.39 is 17.2 Å². The van der Waals surface area contributed by atoms with Crippen molar-refractivity contribution in [2.24, 2.45) is 0 Å². The minimum atomic E-state index is -0.730. The Morgan fingerprint density at radius 1 is 1.04 bits per heavy atom. The summed E-state index contributed by atoms with van der Waals surface area (Å²) in [5.74, 6) is -0.701. The number of aromatic amines is 1. The summed E-state index contributed by atoms with van der Waals surface area (Å²) in [5, 5.41) is 2.69. The maximum absolute atomic E-state index is 13.2. The highest BCUT2D eigenvalue weighted by atomic mass is 19.1. The Balaban J connectivity index is 1.94. The molecule has 0 aliphatic heterocycles. The molecule has 2 aromatic carbocycles. The van der Waals surface area contributed by atoms with Gasteiger partial charge < -0.3 is 10.1 Å². The summed E-state index contributed by atoms with van der Waals surface area (Å²) in [6.45, 7) is 0. The number of hydrogen-bond acceptors (Lipinski definition) is 4. The first kappa shape index (κ1) is 15.7. The predicted octanol–water partition coefficient (Wildman–Crippen LogP) is 3.47. The van der Waals surface area contributed by atoms with Crippen LogP contribution in [0.25, 0.3) is 11.3 Å². The number of H-pyrrole nitrogens is 1. The lowest BCUT2D eigenvalue weighted by Crippen LogP contribution is -2.10. The quantitative estimate of drug-likeness (QED) is 0.769. The molecule has 0 amide bonds. The Morgan fingerprint density at radius 2 is 1.71 bits per heavy atom. The molecule has 3 rings (SSSR count). The minimum absolute atomic E-state index is 0.0818. The molecule has 2 N–H and O–H groups in total. The standard InChI is InChI=1S/C17H13F2N3O2/c1-24-14-4-2-10(3-5-14)15-9-16(23)22-17(21-15)20-13-7-11(18)6-12(19)8-13/h2-9H,1H3,(H2,20,21,22,23). The molecule has 0 unspecified atom stereocenters. The third-order valence-corrected chi connectivity index (χ3v) is 3.25. The van der Waals surface area contributed by atoms with E-state index in [9.17, 15) is 13.6 Å². The first-order chi connectivity index (χ1) is 11.5. The molecular formula is C17H13F2N3O2. The Labute approximate surface area is 136 Å². The highest BCUT2D eigenvalue weighted by Gasteiger charge is 2.07. The molecule has 0 aliphatic carbocycles. The van der Waals surface area contributed by atoms with Crippen LogP contribution in [0, 0.1) is 11.6 Å². The van der Waals surface area contributed by atoms with E-state index in [1.54, 1.807) is 31.4 Å². The molecule has 0 saturated heterocycles. The molecule has 1 aromatic heterocycles. The van der Waals surface area contributed by atoms with Gasteiger partial charge in [0.25, 0.3) is 5.56 Å². The van der Waals surface area contributed by atoms with E-state index in [0.29, 0.717) is 17.0 Å². The van der Waals surface area contributed by atoms with Crippen molar-refractivity contribution in [1.82, 2.24) is 9.97 Å². The number of ether oxygens (including phenoxy) is 1. The maximum atomic E-state index is 13.2. The number of hydrogen-bond donors (Lipinski definition) is 2. The topological polar surface area (TPSA) is 67.0 Å². The Bertz CT molecular complexity index is 904. The molecule has 7 heteroatoms. The highest BCUT2D eigenvalue weighted by molar-refractivity contribution is 5.62. The first-order valence-corrected chi connectivity index (χ1v) is 7.02. The number of nitrogens with one attached hydrogen (secondary N) is 2. The second-order valence-corrected chi connectivity index (χ2v) is 4.99. The van der Waals surface area contributed by atoms with Crippen LogP contribution in [0.4, 0.5) is 20.4 Å². The molecule has 0 fully saturated rings. The molecule has 1 heterocycles. The van der Waals surface area contributed by atoms with Crippen LogP contribution in [0.1, 0.15) is 0 Å². The predicted molar refractivity (Wildman–Crippen MR) is 86.5 cm³/mol. The molecule has 24 heavy (non-hydrogen) atoms. The number of halogens is 2. The molecule has 0 atom stereocenters. The second kappa shape index (κ2) is 6.49. The maximum Gasteiger partial charge on any atom is 0.252 e. The van der Waals surface area contributed by atoms with Crippen molar-refractivity contribution in [1.29, 1.82) is 0 Å². The van der Waals surface area contributed by atoms with E-state index in [1.807, 2.05) is 0 Å². The molecule has 3 aromatic rings. The van der Waals surface area contributed by atoms with Gasteiger partial charge in [0.05, 0.1) is 12.8 Å². The van der Waals surface area contributed by atoms with Crippen LogP contribution in [0.2, 0.25) is 0 Å². The lowest BCUT2D eigenvalue weighted by Gasteiger charge is -2.08. The van der Waals surface area contributed by atoms with Crippen LogP contribution in [0.5, 0.6) is 5.75 Å². The van der Waals surface area contributed by atoms with Gasteiger partial charge >= 0.3 is 0 Å². The molecule has 0 saturated carbocycles. The fourth-order valence-electron chi connectivity index (χ4n) is 2.19. The van der Waals surface area contributed by atoms with Crippen LogP contribution in [0.15, 0.2) is 53.3 Å². The molecule has 122 valence electrons. The second-order valence-electron chi connectivity index (χ2n) is 4.99. The average molecular weight is 329 g/mol. The van der Waals surface area contributed by atoms with E-state index in [4.69, 9.17) is 4.74 Å². The third kappa shape index (κ3) is 3.57. The highest BCUT2D eigenvalue weighted by Crippen LogP contribution is 2.21. The van der Waals surface area contributed by atoms with E-state index in [1.165, 1.54) is 6.07 Å². The van der Waals surface area contributed by atoms with E-state index in [-0.39, 0.29) is 11.6 Å². The summed E-state index contributed by atoms with van der Waals surface area (Å²) in [4.78, 5) is 18.6. The van der Waals surface area contributed by atoms with Crippen molar-refractivity contribution in [2.45, 2.75) is 0 Å². The number of benzene rings is 2. The number of aromatic nitrogens is 2. The van der Waals surface area contributed by atoms with E-state index in [2.05, 4.69) is 15.3 Å². The van der Waals surface area contributed by atoms with Crippen molar-refractivity contribution in [3.63, 3.8) is 0 Å². The van der Waals surface area contributed by atoms with Crippen LogP contribution in [-0.2, 0) is 0 Å². The van der Waals surface area contributed by atoms with Crippen molar-refractivity contribution < 1.29 is 13.5 Å². The number of anilines is 2. The Hall–Kier alpha value is -3.22. The number of nitrogens with zero attached hydrogens (tertiary/aromatic N) is 1. The molecule has 0 radical (unpaired) electrons. The van der Waals surface area contributed by atoms with Crippen molar-refractivity contribution in [2.75, 3.05) is 12.4 Å². The minimum Gasteiger partial charge on any atom is -0.497 e. The van der Waals surface area contributed by atoms with Crippen molar-refractivity contribution in [3.05, 3.63) is 70.5 Å². The molecule has 0 bridgehead atoms. The first-order valence-electron chi connectivity index (χ1n) is 7.02. The van der Waals surface area contributed by atoms with Gasteiger partial charge in [0.2, 0.25) is 5.95 Å². The van der Waals surface area contributed by atoms with Crippen molar-refractivity contribution in [3.8, 4) is 17.0 Å². The summed E-state index contributed by atoms with van der Waals surface area (Å²) < 4.78 is 31.6. The van der Waals surface area contributed by atoms with Crippen LogP contribution in [0.3, 0.4) is 0 Å². The molecule has 5 nitrogen and oxygen atoms in total.